The van der Waals surface area contributed by atoms with Gasteiger partial charge in [-0.3, -0.25) is 0 Å². The van der Waals surface area contributed by atoms with Crippen molar-refractivity contribution in [3.05, 3.63) is 47.0 Å². The molecule has 2 rings (SSSR count). The maximum Gasteiger partial charge on any atom is 0.343 e. The van der Waals surface area contributed by atoms with Gasteiger partial charge in [0.2, 0.25) is 5.75 Å². The van der Waals surface area contributed by atoms with E-state index in [9.17, 15) is 4.79 Å². The Morgan fingerprint density at radius 1 is 0.806 bits per heavy atom. The molecule has 0 unspecified atom stereocenters. The summed E-state index contributed by atoms with van der Waals surface area (Å²) < 4.78 is 23.6. The maximum absolute atomic E-state index is 13.1. The zero-order chi connectivity index (χ0) is 22.8. The predicted octanol–water partition coefficient (Wildman–Crippen LogP) is 6.70. The standard InChI is InChI=1S/C26H36O5/c1-7-12-28-23-16-20(17-24(29-13-8-2)25(23)30-14-9-3)26(27)31-22-15-19(6)10-11-21(22)18(4)5/h10-11,15-18H,7-9,12-14H2,1-6H3. The number of rotatable bonds is 12. The number of carbonyl (C=O) groups is 1. The molecule has 0 saturated carbocycles. The van der Waals surface area contributed by atoms with Crippen molar-refractivity contribution in [2.75, 3.05) is 19.8 Å². The summed E-state index contributed by atoms with van der Waals surface area (Å²) in [5.41, 5.74) is 2.40. The first-order chi connectivity index (χ1) is 14.9. The molecule has 0 heterocycles. The Hall–Kier alpha value is -2.69. The molecule has 0 atom stereocenters. The first-order valence-corrected chi connectivity index (χ1v) is 11.3. The second-order valence-electron chi connectivity index (χ2n) is 7.93. The smallest absolute Gasteiger partial charge is 0.343 e. The lowest BCUT2D eigenvalue weighted by Crippen LogP contribution is -2.12. The lowest BCUT2D eigenvalue weighted by molar-refractivity contribution is 0.0731. The summed E-state index contributed by atoms with van der Waals surface area (Å²) >= 11 is 0. The summed E-state index contributed by atoms with van der Waals surface area (Å²) in [4.78, 5) is 13.1. The molecule has 0 aliphatic rings. The van der Waals surface area contributed by atoms with Gasteiger partial charge in [-0.1, -0.05) is 46.8 Å². The number of hydrogen-bond acceptors (Lipinski definition) is 5. The highest BCUT2D eigenvalue weighted by Crippen LogP contribution is 2.40. The van der Waals surface area contributed by atoms with E-state index in [1.165, 1.54) is 0 Å². The first kappa shape index (κ1) is 24.6. The van der Waals surface area contributed by atoms with Gasteiger partial charge in [0, 0.05) is 0 Å². The molecule has 170 valence electrons. The van der Waals surface area contributed by atoms with Crippen molar-refractivity contribution in [2.24, 2.45) is 0 Å². The normalized spacial score (nSPS) is 10.8. The molecule has 2 aromatic rings. The number of aryl methyl sites for hydroxylation is 1. The van der Waals surface area contributed by atoms with Crippen molar-refractivity contribution in [3.63, 3.8) is 0 Å². The first-order valence-electron chi connectivity index (χ1n) is 11.3. The maximum atomic E-state index is 13.1. The van der Waals surface area contributed by atoms with Gasteiger partial charge in [0.1, 0.15) is 5.75 Å². The van der Waals surface area contributed by atoms with E-state index in [1.807, 2.05) is 45.9 Å². The van der Waals surface area contributed by atoms with Gasteiger partial charge >= 0.3 is 5.97 Å². The highest BCUT2D eigenvalue weighted by atomic mass is 16.5. The highest BCUT2D eigenvalue weighted by molar-refractivity contribution is 5.93. The summed E-state index contributed by atoms with van der Waals surface area (Å²) in [6, 6.07) is 9.31. The molecule has 5 heteroatoms. The van der Waals surface area contributed by atoms with Gasteiger partial charge in [-0.15, -0.1) is 0 Å². The second-order valence-corrected chi connectivity index (χ2v) is 7.93. The molecule has 0 aromatic heterocycles. The van der Waals surface area contributed by atoms with Crippen molar-refractivity contribution in [3.8, 4) is 23.0 Å². The zero-order valence-electron chi connectivity index (χ0n) is 19.7. The van der Waals surface area contributed by atoms with Gasteiger partial charge in [0.25, 0.3) is 0 Å². The van der Waals surface area contributed by atoms with Gasteiger partial charge in [-0.2, -0.15) is 0 Å². The van der Waals surface area contributed by atoms with Crippen LogP contribution < -0.4 is 18.9 Å². The molecule has 0 radical (unpaired) electrons. The highest BCUT2D eigenvalue weighted by Gasteiger charge is 2.21. The number of esters is 1. The number of benzene rings is 2. The third-order valence-corrected chi connectivity index (χ3v) is 4.62. The van der Waals surface area contributed by atoms with E-state index in [0.29, 0.717) is 48.4 Å². The molecular weight excluding hydrogens is 392 g/mol. The van der Waals surface area contributed by atoms with Crippen LogP contribution in [0.25, 0.3) is 0 Å². The third kappa shape index (κ3) is 6.91. The topological polar surface area (TPSA) is 54.0 Å². The SMILES string of the molecule is CCCOc1cc(C(=O)Oc2cc(C)ccc2C(C)C)cc(OCCC)c1OCCC. The quantitative estimate of drug-likeness (QED) is 0.278. The van der Waals surface area contributed by atoms with Crippen LogP contribution >= 0.6 is 0 Å². The van der Waals surface area contributed by atoms with Crippen molar-refractivity contribution in [2.45, 2.75) is 66.7 Å². The van der Waals surface area contributed by atoms with Gasteiger partial charge in [-0.05, 0) is 61.4 Å². The van der Waals surface area contributed by atoms with Gasteiger partial charge in [-0.25, -0.2) is 4.79 Å². The van der Waals surface area contributed by atoms with Crippen molar-refractivity contribution in [1.29, 1.82) is 0 Å². The average molecular weight is 429 g/mol. The Morgan fingerprint density at radius 2 is 1.35 bits per heavy atom. The third-order valence-electron chi connectivity index (χ3n) is 4.62. The Morgan fingerprint density at radius 3 is 1.87 bits per heavy atom. The van der Waals surface area contributed by atoms with Gasteiger partial charge < -0.3 is 18.9 Å². The minimum absolute atomic E-state index is 0.236. The Labute approximate surface area is 186 Å². The molecule has 0 N–H and O–H groups in total. The zero-order valence-corrected chi connectivity index (χ0v) is 19.7. The Kier molecular flexibility index (Phi) is 9.70. The predicted molar refractivity (Wildman–Crippen MR) is 124 cm³/mol. The van der Waals surface area contributed by atoms with E-state index in [4.69, 9.17) is 18.9 Å². The van der Waals surface area contributed by atoms with Crippen molar-refractivity contribution in [1.82, 2.24) is 0 Å². The van der Waals surface area contributed by atoms with Crippen LogP contribution in [0.15, 0.2) is 30.3 Å². The molecule has 0 saturated heterocycles. The molecule has 0 aliphatic heterocycles. The van der Waals surface area contributed by atoms with Crippen LogP contribution in [-0.4, -0.2) is 25.8 Å². The lowest BCUT2D eigenvalue weighted by atomic mass is 10.0. The minimum atomic E-state index is -0.447. The fraction of sp³-hybridized carbons (Fsp3) is 0.500. The molecule has 0 amide bonds. The van der Waals surface area contributed by atoms with Crippen molar-refractivity contribution < 1.29 is 23.7 Å². The summed E-state index contributed by atoms with van der Waals surface area (Å²) in [5.74, 6) is 1.92. The van der Waals surface area contributed by atoms with Crippen LogP contribution in [0.3, 0.4) is 0 Å². The molecule has 0 spiro atoms. The minimum Gasteiger partial charge on any atom is -0.490 e. The van der Waals surface area contributed by atoms with Crippen LogP contribution in [0.5, 0.6) is 23.0 Å². The van der Waals surface area contributed by atoms with Crippen LogP contribution in [-0.2, 0) is 0 Å². The Bertz CT molecular complexity index is 828. The second kappa shape index (κ2) is 12.2. The largest absolute Gasteiger partial charge is 0.490 e. The van der Waals surface area contributed by atoms with Gasteiger partial charge in [0.15, 0.2) is 11.5 Å². The number of carbonyl (C=O) groups excluding carboxylic acids is 1. The molecule has 0 aliphatic carbocycles. The van der Waals surface area contributed by atoms with Gasteiger partial charge in [0.05, 0.1) is 25.4 Å². The van der Waals surface area contributed by atoms with E-state index in [1.54, 1.807) is 12.1 Å². The average Bonchev–Trinajstić information content (AvgIpc) is 2.74. The molecule has 5 nitrogen and oxygen atoms in total. The van der Waals surface area contributed by atoms with E-state index in [2.05, 4.69) is 13.8 Å². The molecule has 0 fully saturated rings. The summed E-state index contributed by atoms with van der Waals surface area (Å²) in [5, 5.41) is 0. The van der Waals surface area contributed by atoms with Crippen LogP contribution in [0, 0.1) is 6.92 Å². The summed E-state index contributed by atoms with van der Waals surface area (Å²) in [6.07, 6.45) is 2.54. The fourth-order valence-electron chi connectivity index (χ4n) is 3.05. The van der Waals surface area contributed by atoms with E-state index >= 15 is 0 Å². The molecule has 2 aromatic carbocycles. The Balaban J connectivity index is 2.44. The number of hydrogen-bond donors (Lipinski definition) is 0. The lowest BCUT2D eigenvalue weighted by Gasteiger charge is -2.18. The summed E-state index contributed by atoms with van der Waals surface area (Å²) in [6.45, 7) is 13.8. The molecular formula is C26H36O5. The van der Waals surface area contributed by atoms with Crippen LogP contribution in [0.1, 0.15) is 81.3 Å². The molecule has 31 heavy (non-hydrogen) atoms. The molecule has 0 bridgehead atoms. The van der Waals surface area contributed by atoms with E-state index in [-0.39, 0.29) is 5.92 Å². The van der Waals surface area contributed by atoms with Crippen molar-refractivity contribution >= 4 is 5.97 Å². The van der Waals surface area contributed by atoms with E-state index < -0.39 is 5.97 Å². The number of ether oxygens (including phenoxy) is 4. The summed E-state index contributed by atoms with van der Waals surface area (Å²) in [7, 11) is 0. The monoisotopic (exact) mass is 428 g/mol. The van der Waals surface area contributed by atoms with Crippen LogP contribution in [0.2, 0.25) is 0 Å². The fourth-order valence-corrected chi connectivity index (χ4v) is 3.05. The van der Waals surface area contributed by atoms with Crippen LogP contribution in [0.4, 0.5) is 0 Å². The van der Waals surface area contributed by atoms with E-state index in [0.717, 1.165) is 30.4 Å².